The molecule has 2 atom stereocenters. The molecule has 0 aromatic carbocycles. The van der Waals surface area contributed by atoms with Crippen LogP contribution in [0.4, 0.5) is 4.79 Å². The first kappa shape index (κ1) is 16.1. The molecule has 0 bridgehead atoms. The summed E-state index contributed by atoms with van der Waals surface area (Å²) < 4.78 is 10.2. The highest BCUT2D eigenvalue weighted by molar-refractivity contribution is 6.17. The van der Waals surface area contributed by atoms with Crippen molar-refractivity contribution < 1.29 is 19.1 Å². The predicted molar refractivity (Wildman–Crippen MR) is 71.9 cm³/mol. The van der Waals surface area contributed by atoms with Gasteiger partial charge in [0.1, 0.15) is 5.60 Å². The third-order valence-electron chi connectivity index (χ3n) is 3.12. The first-order chi connectivity index (χ1) is 8.76. The van der Waals surface area contributed by atoms with Gasteiger partial charge in [0.25, 0.3) is 0 Å². The van der Waals surface area contributed by atoms with E-state index in [4.69, 9.17) is 21.1 Å². The lowest BCUT2D eigenvalue weighted by molar-refractivity contribution is -0.150. The topological polar surface area (TPSA) is 55.8 Å². The number of carbonyl (C=O) groups is 2. The van der Waals surface area contributed by atoms with Crippen LogP contribution in [0.5, 0.6) is 0 Å². The summed E-state index contributed by atoms with van der Waals surface area (Å²) in [6.45, 7) is 7.89. The van der Waals surface area contributed by atoms with Gasteiger partial charge >= 0.3 is 12.1 Å². The summed E-state index contributed by atoms with van der Waals surface area (Å²) in [5.41, 5.74) is -0.541. The van der Waals surface area contributed by atoms with Gasteiger partial charge in [0.05, 0.1) is 5.92 Å². The van der Waals surface area contributed by atoms with Crippen molar-refractivity contribution in [2.24, 2.45) is 5.92 Å². The van der Waals surface area contributed by atoms with E-state index in [1.54, 1.807) is 4.90 Å². The molecule has 0 radical (unpaired) electrons. The van der Waals surface area contributed by atoms with E-state index in [0.29, 0.717) is 13.0 Å². The Morgan fingerprint density at radius 3 is 2.53 bits per heavy atom. The van der Waals surface area contributed by atoms with Gasteiger partial charge < -0.3 is 14.4 Å². The second kappa shape index (κ2) is 6.46. The number of rotatable bonds is 2. The highest BCUT2D eigenvalue weighted by atomic mass is 35.5. The van der Waals surface area contributed by atoms with Crippen LogP contribution >= 0.6 is 11.6 Å². The minimum Gasteiger partial charge on any atom is -0.449 e. The van der Waals surface area contributed by atoms with Crippen LogP contribution in [0, 0.1) is 5.92 Å². The van der Waals surface area contributed by atoms with E-state index in [9.17, 15) is 9.59 Å². The maximum atomic E-state index is 12.1. The monoisotopic (exact) mass is 291 g/mol. The molecule has 1 fully saturated rings. The van der Waals surface area contributed by atoms with Gasteiger partial charge in [0.15, 0.2) is 6.07 Å². The van der Waals surface area contributed by atoms with Crippen molar-refractivity contribution >= 4 is 23.7 Å². The standard InChI is InChI=1S/C13H22ClNO4/c1-9-10(11(16)18-8-14)6-5-7-15(9)12(17)19-13(2,3)4/h9-10H,5-8H2,1-4H3. The van der Waals surface area contributed by atoms with E-state index in [1.807, 2.05) is 27.7 Å². The molecule has 1 amide bonds. The molecule has 1 rings (SSSR count). The minimum absolute atomic E-state index is 0.158. The van der Waals surface area contributed by atoms with Crippen molar-refractivity contribution in [2.75, 3.05) is 12.6 Å². The van der Waals surface area contributed by atoms with Crippen LogP contribution in [-0.2, 0) is 14.3 Å². The van der Waals surface area contributed by atoms with Gasteiger partial charge in [-0.3, -0.25) is 4.79 Å². The summed E-state index contributed by atoms with van der Waals surface area (Å²) in [5, 5.41) is 0. The van der Waals surface area contributed by atoms with E-state index >= 15 is 0 Å². The summed E-state index contributed by atoms with van der Waals surface area (Å²) in [5.74, 6) is -0.684. The molecule has 2 unspecified atom stereocenters. The lowest BCUT2D eigenvalue weighted by Crippen LogP contribution is -2.50. The number of hydrogen-bond acceptors (Lipinski definition) is 4. The second-order valence-corrected chi connectivity index (χ2v) is 5.95. The predicted octanol–water partition coefficient (Wildman–Crippen LogP) is 2.76. The molecule has 1 heterocycles. The molecule has 110 valence electrons. The largest absolute Gasteiger partial charge is 0.449 e. The zero-order valence-electron chi connectivity index (χ0n) is 11.9. The van der Waals surface area contributed by atoms with Crippen LogP contribution in [0.1, 0.15) is 40.5 Å². The quantitative estimate of drug-likeness (QED) is 0.580. The number of esters is 1. The molecular formula is C13H22ClNO4. The van der Waals surface area contributed by atoms with Gasteiger partial charge in [-0.05, 0) is 40.5 Å². The number of ether oxygens (including phenoxy) is 2. The Morgan fingerprint density at radius 2 is 2.00 bits per heavy atom. The van der Waals surface area contributed by atoms with E-state index in [2.05, 4.69) is 0 Å². The molecule has 0 saturated carbocycles. The lowest BCUT2D eigenvalue weighted by atomic mass is 9.90. The Hall–Kier alpha value is -0.970. The van der Waals surface area contributed by atoms with Crippen LogP contribution in [-0.4, -0.2) is 41.2 Å². The maximum Gasteiger partial charge on any atom is 0.410 e. The van der Waals surface area contributed by atoms with Crippen LogP contribution in [0.3, 0.4) is 0 Å². The molecule has 0 aromatic heterocycles. The number of alkyl halides is 1. The zero-order chi connectivity index (χ0) is 14.6. The van der Waals surface area contributed by atoms with Gasteiger partial charge in [-0.1, -0.05) is 11.6 Å². The molecule has 0 spiro atoms. The molecule has 1 aliphatic heterocycles. The molecule has 0 aliphatic carbocycles. The first-order valence-electron chi connectivity index (χ1n) is 6.48. The lowest BCUT2D eigenvalue weighted by Gasteiger charge is -2.38. The fourth-order valence-electron chi connectivity index (χ4n) is 2.20. The molecule has 19 heavy (non-hydrogen) atoms. The Morgan fingerprint density at radius 1 is 1.37 bits per heavy atom. The average molecular weight is 292 g/mol. The molecular weight excluding hydrogens is 270 g/mol. The fraction of sp³-hybridized carbons (Fsp3) is 0.846. The summed E-state index contributed by atoms with van der Waals surface area (Å²) in [7, 11) is 0. The first-order valence-corrected chi connectivity index (χ1v) is 7.02. The van der Waals surface area contributed by atoms with Crippen molar-refractivity contribution in [1.82, 2.24) is 4.90 Å². The maximum absolute atomic E-state index is 12.1. The number of hydrogen-bond donors (Lipinski definition) is 0. The van der Waals surface area contributed by atoms with Crippen molar-refractivity contribution in [2.45, 2.75) is 52.2 Å². The molecule has 0 N–H and O–H groups in total. The Kier molecular flexibility index (Phi) is 5.47. The SMILES string of the molecule is CC1C(C(=O)OCCl)CCCN1C(=O)OC(C)(C)C. The number of amides is 1. The smallest absolute Gasteiger partial charge is 0.410 e. The van der Waals surface area contributed by atoms with Crippen LogP contribution in [0.15, 0.2) is 0 Å². The van der Waals surface area contributed by atoms with Crippen LogP contribution < -0.4 is 0 Å². The number of carbonyl (C=O) groups excluding carboxylic acids is 2. The third-order valence-corrected chi connectivity index (χ3v) is 3.22. The number of likely N-dealkylation sites (tertiary alicyclic amines) is 1. The third kappa shape index (κ3) is 4.56. The van der Waals surface area contributed by atoms with E-state index in [1.165, 1.54) is 0 Å². The average Bonchev–Trinajstić information content (AvgIpc) is 2.27. The van der Waals surface area contributed by atoms with Crippen molar-refractivity contribution in [3.63, 3.8) is 0 Å². The molecule has 1 aliphatic rings. The van der Waals surface area contributed by atoms with Crippen LogP contribution in [0.2, 0.25) is 0 Å². The van der Waals surface area contributed by atoms with Crippen molar-refractivity contribution in [1.29, 1.82) is 0 Å². The Balaban J connectivity index is 2.70. The molecule has 0 aromatic rings. The molecule has 1 saturated heterocycles. The van der Waals surface area contributed by atoms with Gasteiger partial charge in [-0.2, -0.15) is 0 Å². The normalized spacial score (nSPS) is 23.9. The fourth-order valence-corrected chi connectivity index (χ4v) is 2.30. The number of piperidine rings is 1. The van der Waals surface area contributed by atoms with Gasteiger partial charge in [0, 0.05) is 12.6 Å². The second-order valence-electron chi connectivity index (χ2n) is 5.74. The van der Waals surface area contributed by atoms with Gasteiger partial charge in [0.2, 0.25) is 0 Å². The summed E-state index contributed by atoms with van der Waals surface area (Å²) in [4.78, 5) is 25.4. The highest BCUT2D eigenvalue weighted by Gasteiger charge is 2.37. The van der Waals surface area contributed by atoms with Crippen molar-refractivity contribution in [3.05, 3.63) is 0 Å². The Bertz CT molecular complexity index is 340. The highest BCUT2D eigenvalue weighted by Crippen LogP contribution is 2.26. The van der Waals surface area contributed by atoms with Crippen LogP contribution in [0.25, 0.3) is 0 Å². The number of nitrogens with zero attached hydrogens (tertiary/aromatic N) is 1. The summed E-state index contributed by atoms with van der Waals surface area (Å²) in [6.07, 6.45) is 1.07. The summed E-state index contributed by atoms with van der Waals surface area (Å²) >= 11 is 5.40. The van der Waals surface area contributed by atoms with E-state index in [0.717, 1.165) is 6.42 Å². The number of halogens is 1. The van der Waals surface area contributed by atoms with E-state index < -0.39 is 5.60 Å². The minimum atomic E-state index is -0.541. The molecule has 5 nitrogen and oxygen atoms in total. The van der Waals surface area contributed by atoms with Crippen molar-refractivity contribution in [3.8, 4) is 0 Å². The molecule has 6 heteroatoms. The van der Waals surface area contributed by atoms with Gasteiger partial charge in [-0.15, -0.1) is 0 Å². The summed E-state index contributed by atoms with van der Waals surface area (Å²) in [6, 6.07) is -0.395. The Labute approximate surface area is 119 Å². The van der Waals surface area contributed by atoms with Gasteiger partial charge in [-0.25, -0.2) is 4.79 Å². The zero-order valence-corrected chi connectivity index (χ0v) is 12.7. The van der Waals surface area contributed by atoms with E-state index in [-0.39, 0.29) is 30.1 Å².